The second-order valence-corrected chi connectivity index (χ2v) is 6.64. The Kier molecular flexibility index (Phi) is 5.49. The molecule has 1 aliphatic rings. The van der Waals surface area contributed by atoms with Crippen LogP contribution in [0.25, 0.3) is 10.6 Å². The number of aromatic nitrogens is 1. The van der Waals surface area contributed by atoms with Crippen LogP contribution in [0, 0.1) is 0 Å². The summed E-state index contributed by atoms with van der Waals surface area (Å²) in [4.78, 5) is 29.5. The molecule has 1 aromatic carbocycles. The van der Waals surface area contributed by atoms with E-state index in [0.717, 1.165) is 16.3 Å². The highest BCUT2D eigenvalue weighted by Crippen LogP contribution is 2.23. The van der Waals surface area contributed by atoms with E-state index in [1.54, 1.807) is 22.4 Å². The molecule has 25 heavy (non-hydrogen) atoms. The number of anilines is 1. The monoisotopic (exact) mass is 360 g/mol. The summed E-state index contributed by atoms with van der Waals surface area (Å²) >= 11 is 1.58. The summed E-state index contributed by atoms with van der Waals surface area (Å²) in [6.07, 6.45) is 2.88. The van der Waals surface area contributed by atoms with Gasteiger partial charge in [0.05, 0.1) is 7.11 Å². The fourth-order valence-electron chi connectivity index (χ4n) is 2.75. The number of hydrogen-bond acceptors (Lipinski definition) is 5. The lowest BCUT2D eigenvalue weighted by Gasteiger charge is -2.31. The van der Waals surface area contributed by atoms with E-state index in [2.05, 4.69) is 15.6 Å². The van der Waals surface area contributed by atoms with E-state index >= 15 is 0 Å². The molecule has 2 heterocycles. The second kappa shape index (κ2) is 7.98. The molecule has 0 bridgehead atoms. The molecule has 0 spiro atoms. The number of thiazole rings is 1. The number of benzene rings is 1. The lowest BCUT2D eigenvalue weighted by Crippen LogP contribution is -2.47. The van der Waals surface area contributed by atoms with Crippen molar-refractivity contribution in [3.63, 3.8) is 0 Å². The minimum Gasteiger partial charge on any atom is -0.453 e. The van der Waals surface area contributed by atoms with Crippen molar-refractivity contribution < 1.29 is 14.3 Å². The van der Waals surface area contributed by atoms with Crippen molar-refractivity contribution >= 4 is 29.1 Å². The molecule has 2 N–H and O–H groups in total. The molecule has 0 aliphatic carbocycles. The van der Waals surface area contributed by atoms with Crippen LogP contribution in [0.15, 0.2) is 35.8 Å². The summed E-state index contributed by atoms with van der Waals surface area (Å²) in [5.74, 6) is 0. The van der Waals surface area contributed by atoms with E-state index < -0.39 is 0 Å². The molecule has 0 unspecified atom stereocenters. The standard InChI is InChI=1S/C17H20N4O3S/c1-24-17(23)21-9-6-14(7-10-21)20-16(22)19-13-4-2-12(3-5-13)15-18-8-11-25-15/h2-5,8,11,14H,6-7,9-10H2,1H3,(H2,19,20,22). The maximum atomic E-state index is 12.1. The number of nitrogens with zero attached hydrogens (tertiary/aromatic N) is 2. The Morgan fingerprint density at radius 2 is 1.96 bits per heavy atom. The summed E-state index contributed by atoms with van der Waals surface area (Å²) in [7, 11) is 1.37. The second-order valence-electron chi connectivity index (χ2n) is 5.74. The Labute approximate surface area is 150 Å². The van der Waals surface area contributed by atoms with Crippen LogP contribution in [0.3, 0.4) is 0 Å². The van der Waals surface area contributed by atoms with Gasteiger partial charge in [0.15, 0.2) is 0 Å². The summed E-state index contributed by atoms with van der Waals surface area (Å²) in [6.45, 7) is 1.17. The molecule has 3 amide bonds. The predicted octanol–water partition coefficient (Wildman–Crippen LogP) is 3.16. The Balaban J connectivity index is 1.47. The van der Waals surface area contributed by atoms with Crippen LogP contribution in [0.1, 0.15) is 12.8 Å². The Morgan fingerprint density at radius 3 is 2.56 bits per heavy atom. The van der Waals surface area contributed by atoms with E-state index in [4.69, 9.17) is 4.74 Å². The number of carbonyl (C=O) groups excluding carboxylic acids is 2. The number of nitrogens with one attached hydrogen (secondary N) is 2. The zero-order valence-corrected chi connectivity index (χ0v) is 14.7. The van der Waals surface area contributed by atoms with Gasteiger partial charge in [-0.1, -0.05) is 0 Å². The molecule has 0 saturated carbocycles. The fourth-order valence-corrected chi connectivity index (χ4v) is 3.39. The SMILES string of the molecule is COC(=O)N1CCC(NC(=O)Nc2ccc(-c3nccs3)cc2)CC1. The van der Waals surface area contributed by atoms with E-state index in [1.807, 2.05) is 29.6 Å². The van der Waals surface area contributed by atoms with Crippen molar-refractivity contribution in [3.8, 4) is 10.6 Å². The third-order valence-corrected chi connectivity index (χ3v) is 4.91. The van der Waals surface area contributed by atoms with E-state index in [-0.39, 0.29) is 18.2 Å². The highest BCUT2D eigenvalue weighted by atomic mass is 32.1. The van der Waals surface area contributed by atoms with Gasteiger partial charge in [-0.05, 0) is 37.1 Å². The molecule has 7 nitrogen and oxygen atoms in total. The summed E-state index contributed by atoms with van der Waals surface area (Å²) in [5, 5.41) is 8.67. The maximum Gasteiger partial charge on any atom is 0.409 e. The lowest BCUT2D eigenvalue weighted by atomic mass is 10.1. The molecule has 1 saturated heterocycles. The smallest absolute Gasteiger partial charge is 0.409 e. The molecule has 0 radical (unpaired) electrons. The van der Waals surface area contributed by atoms with E-state index in [9.17, 15) is 9.59 Å². The first kappa shape index (κ1) is 17.2. The van der Waals surface area contributed by atoms with Gasteiger partial charge in [-0.25, -0.2) is 14.6 Å². The minimum atomic E-state index is -0.316. The molecular weight excluding hydrogens is 340 g/mol. The van der Waals surface area contributed by atoms with Gasteiger partial charge in [0.25, 0.3) is 0 Å². The number of urea groups is 1. The molecule has 1 fully saturated rings. The van der Waals surface area contributed by atoms with E-state index in [1.165, 1.54) is 7.11 Å². The highest BCUT2D eigenvalue weighted by molar-refractivity contribution is 7.13. The largest absolute Gasteiger partial charge is 0.453 e. The third-order valence-electron chi connectivity index (χ3n) is 4.09. The number of hydrogen-bond donors (Lipinski definition) is 2. The number of amides is 3. The number of carbonyl (C=O) groups is 2. The molecule has 0 atom stereocenters. The normalized spacial score (nSPS) is 14.8. The van der Waals surface area contributed by atoms with Gasteiger partial charge in [-0.2, -0.15) is 0 Å². The molecule has 3 rings (SSSR count). The van der Waals surface area contributed by atoms with Crippen LogP contribution in [0.5, 0.6) is 0 Å². The highest BCUT2D eigenvalue weighted by Gasteiger charge is 2.24. The average Bonchev–Trinajstić information content (AvgIpc) is 3.17. The topological polar surface area (TPSA) is 83.6 Å². The summed E-state index contributed by atoms with van der Waals surface area (Å²) < 4.78 is 4.70. The number of ether oxygens (including phenoxy) is 1. The van der Waals surface area contributed by atoms with Crippen molar-refractivity contribution in [2.75, 3.05) is 25.5 Å². The van der Waals surface area contributed by atoms with Gasteiger partial charge < -0.3 is 20.3 Å². The molecule has 1 aliphatic heterocycles. The quantitative estimate of drug-likeness (QED) is 0.881. The molecule has 1 aromatic heterocycles. The van der Waals surface area contributed by atoms with Crippen molar-refractivity contribution in [2.24, 2.45) is 0 Å². The van der Waals surface area contributed by atoms with Gasteiger partial charge >= 0.3 is 12.1 Å². The fraction of sp³-hybridized carbons (Fsp3) is 0.353. The molecular formula is C17H20N4O3S. The van der Waals surface area contributed by atoms with Crippen LogP contribution < -0.4 is 10.6 Å². The first-order valence-corrected chi connectivity index (χ1v) is 8.94. The van der Waals surface area contributed by atoms with Crippen molar-refractivity contribution in [1.29, 1.82) is 0 Å². The molecule has 132 valence electrons. The molecule has 2 aromatic rings. The first-order chi connectivity index (χ1) is 12.2. The number of piperidine rings is 1. The van der Waals surface area contributed by atoms with Crippen molar-refractivity contribution in [1.82, 2.24) is 15.2 Å². The summed E-state index contributed by atoms with van der Waals surface area (Å²) in [5.41, 5.74) is 1.75. The van der Waals surface area contributed by atoms with Gasteiger partial charge in [0.2, 0.25) is 0 Å². The zero-order valence-electron chi connectivity index (χ0n) is 13.9. The number of methoxy groups -OCH3 is 1. The Bertz CT molecular complexity index is 710. The lowest BCUT2D eigenvalue weighted by molar-refractivity contribution is 0.110. The Morgan fingerprint density at radius 1 is 1.24 bits per heavy atom. The van der Waals surface area contributed by atoms with Crippen LogP contribution in [0.2, 0.25) is 0 Å². The zero-order chi connectivity index (χ0) is 17.6. The predicted molar refractivity (Wildman–Crippen MR) is 96.7 cm³/mol. The van der Waals surface area contributed by atoms with Gasteiger partial charge in [0.1, 0.15) is 5.01 Å². The minimum absolute atomic E-state index is 0.0514. The van der Waals surface area contributed by atoms with Crippen LogP contribution >= 0.6 is 11.3 Å². The Hall–Kier alpha value is -2.61. The average molecular weight is 360 g/mol. The van der Waals surface area contributed by atoms with Crippen molar-refractivity contribution in [3.05, 3.63) is 35.8 Å². The number of rotatable bonds is 3. The summed E-state index contributed by atoms with van der Waals surface area (Å²) in [6, 6.07) is 7.40. The number of likely N-dealkylation sites (tertiary alicyclic amines) is 1. The van der Waals surface area contributed by atoms with Crippen LogP contribution in [-0.2, 0) is 4.74 Å². The maximum absolute atomic E-state index is 12.1. The van der Waals surface area contributed by atoms with Gasteiger partial charge in [0, 0.05) is 42.0 Å². The van der Waals surface area contributed by atoms with Crippen molar-refractivity contribution in [2.45, 2.75) is 18.9 Å². The van der Waals surface area contributed by atoms with E-state index in [0.29, 0.717) is 25.9 Å². The first-order valence-electron chi connectivity index (χ1n) is 8.06. The third kappa shape index (κ3) is 4.48. The molecule has 8 heteroatoms. The van der Waals surface area contributed by atoms with Gasteiger partial charge in [-0.3, -0.25) is 0 Å². The van der Waals surface area contributed by atoms with Crippen LogP contribution in [0.4, 0.5) is 15.3 Å². The van der Waals surface area contributed by atoms with Crippen LogP contribution in [-0.4, -0.2) is 48.2 Å². The van der Waals surface area contributed by atoms with Gasteiger partial charge in [-0.15, -0.1) is 11.3 Å².